The van der Waals surface area contributed by atoms with Gasteiger partial charge >= 0.3 is 0 Å². The van der Waals surface area contributed by atoms with Gasteiger partial charge in [0.15, 0.2) is 5.75 Å². The Hall–Kier alpha value is -2.08. The first-order valence-electron chi connectivity index (χ1n) is 9.94. The molecule has 0 aromatic carbocycles. The van der Waals surface area contributed by atoms with Crippen LogP contribution in [0.5, 0.6) is 11.6 Å². The Bertz CT molecular complexity index is 842. The van der Waals surface area contributed by atoms with E-state index in [9.17, 15) is 10.2 Å². The van der Waals surface area contributed by atoms with E-state index in [1.807, 2.05) is 0 Å². The molecule has 138 valence electrons. The highest BCUT2D eigenvalue weighted by Crippen LogP contribution is 2.37. The molecule has 3 N–H and O–H groups in total. The lowest BCUT2D eigenvalue weighted by Crippen LogP contribution is -2.40. The second-order valence-corrected chi connectivity index (χ2v) is 8.00. The van der Waals surface area contributed by atoms with Crippen LogP contribution in [0.1, 0.15) is 49.8 Å². The van der Waals surface area contributed by atoms with Crippen LogP contribution in [0.15, 0.2) is 6.07 Å². The number of nitrogens with zero attached hydrogens (tertiary/aromatic N) is 3. The van der Waals surface area contributed by atoms with Gasteiger partial charge in [-0.25, -0.2) is 4.98 Å². The number of anilines is 1. The highest BCUT2D eigenvalue weighted by Gasteiger charge is 2.32. The van der Waals surface area contributed by atoms with Crippen LogP contribution in [0.4, 0.5) is 5.69 Å². The van der Waals surface area contributed by atoms with Gasteiger partial charge < -0.3 is 20.4 Å². The van der Waals surface area contributed by atoms with Gasteiger partial charge in [-0.2, -0.15) is 0 Å². The summed E-state index contributed by atoms with van der Waals surface area (Å²) in [7, 11) is 0. The topological polar surface area (TPSA) is 81.5 Å². The Kier molecular flexibility index (Phi) is 3.89. The van der Waals surface area contributed by atoms with Crippen molar-refractivity contribution >= 4 is 16.7 Å². The molecule has 3 aliphatic rings. The second-order valence-electron chi connectivity index (χ2n) is 8.00. The summed E-state index contributed by atoms with van der Waals surface area (Å²) in [6.45, 7) is 2.32. The molecule has 0 amide bonds. The molecular formula is C20H26N4O2. The molecule has 6 heteroatoms. The minimum Gasteiger partial charge on any atom is -0.503 e. The number of aryl methyl sites for hydroxylation is 1. The number of hydrogen-bond acceptors (Lipinski definition) is 6. The highest BCUT2D eigenvalue weighted by atomic mass is 16.3. The van der Waals surface area contributed by atoms with E-state index in [4.69, 9.17) is 4.98 Å². The Balaban J connectivity index is 1.49. The molecule has 2 aromatic rings. The maximum Gasteiger partial charge on any atom is 0.255 e. The van der Waals surface area contributed by atoms with Gasteiger partial charge in [0, 0.05) is 36.9 Å². The molecule has 0 unspecified atom stereocenters. The minimum absolute atomic E-state index is 0.204. The summed E-state index contributed by atoms with van der Waals surface area (Å²) in [5.41, 5.74) is 4.76. The second kappa shape index (κ2) is 6.27. The van der Waals surface area contributed by atoms with Crippen LogP contribution < -0.4 is 5.32 Å². The fraction of sp³-hybridized carbons (Fsp3) is 0.600. The zero-order chi connectivity index (χ0) is 17.7. The maximum absolute atomic E-state index is 9.93. The number of piperidine rings is 1. The number of hydrogen-bond donors (Lipinski definition) is 3. The van der Waals surface area contributed by atoms with Crippen molar-refractivity contribution in [3.63, 3.8) is 0 Å². The van der Waals surface area contributed by atoms with Gasteiger partial charge in [0.25, 0.3) is 5.88 Å². The number of aromatic nitrogens is 2. The number of fused-ring (bicyclic) bond motifs is 2. The normalized spacial score (nSPS) is 21.7. The summed E-state index contributed by atoms with van der Waals surface area (Å²) in [6, 6.07) is 2.80. The lowest BCUT2D eigenvalue weighted by atomic mass is 9.93. The van der Waals surface area contributed by atoms with Crippen molar-refractivity contribution in [2.24, 2.45) is 0 Å². The number of aromatic hydroxyl groups is 2. The standard InChI is InChI=1S/C20H26N4O2/c25-17-11-16-19(23-20(17)26)18(14-3-1-2-4-15(14)22-16)21-12-7-9-24(10-8-12)13-5-6-13/h11-13,25H,1-10H2,(H,21,22)(H,23,26). The van der Waals surface area contributed by atoms with Crippen molar-refractivity contribution in [3.8, 4) is 11.6 Å². The van der Waals surface area contributed by atoms with Crippen LogP contribution in [0.25, 0.3) is 11.0 Å². The Labute approximate surface area is 153 Å². The monoisotopic (exact) mass is 354 g/mol. The first-order valence-corrected chi connectivity index (χ1v) is 9.94. The van der Waals surface area contributed by atoms with Crippen LogP contribution in [0.3, 0.4) is 0 Å². The predicted molar refractivity (Wildman–Crippen MR) is 101 cm³/mol. The van der Waals surface area contributed by atoms with E-state index in [-0.39, 0.29) is 11.6 Å². The highest BCUT2D eigenvalue weighted by molar-refractivity contribution is 5.91. The van der Waals surface area contributed by atoms with E-state index in [1.54, 1.807) is 0 Å². The summed E-state index contributed by atoms with van der Waals surface area (Å²) >= 11 is 0. The fourth-order valence-corrected chi connectivity index (χ4v) is 4.53. The molecule has 26 heavy (non-hydrogen) atoms. The lowest BCUT2D eigenvalue weighted by molar-refractivity contribution is 0.210. The minimum atomic E-state index is -0.318. The largest absolute Gasteiger partial charge is 0.503 e. The van der Waals surface area contributed by atoms with Gasteiger partial charge in [0.1, 0.15) is 5.52 Å². The Morgan fingerprint density at radius 3 is 2.54 bits per heavy atom. The molecule has 2 aliphatic carbocycles. The van der Waals surface area contributed by atoms with E-state index in [1.165, 1.54) is 30.9 Å². The molecule has 1 aliphatic heterocycles. The summed E-state index contributed by atoms with van der Waals surface area (Å²) in [5, 5.41) is 23.5. The van der Waals surface area contributed by atoms with Gasteiger partial charge in [-0.1, -0.05) is 0 Å². The number of pyridine rings is 2. The van der Waals surface area contributed by atoms with Crippen molar-refractivity contribution in [2.45, 2.75) is 63.5 Å². The van der Waals surface area contributed by atoms with Crippen LogP contribution in [0.2, 0.25) is 0 Å². The molecule has 1 saturated carbocycles. The third kappa shape index (κ3) is 2.86. The van der Waals surface area contributed by atoms with Crippen LogP contribution >= 0.6 is 0 Å². The van der Waals surface area contributed by atoms with Gasteiger partial charge in [-0.3, -0.25) is 4.98 Å². The molecule has 3 heterocycles. The van der Waals surface area contributed by atoms with Crippen LogP contribution in [0, 0.1) is 0 Å². The van der Waals surface area contributed by atoms with Crippen LogP contribution in [-0.2, 0) is 12.8 Å². The number of nitrogens with one attached hydrogen (secondary N) is 1. The Morgan fingerprint density at radius 2 is 1.77 bits per heavy atom. The Morgan fingerprint density at radius 1 is 1.00 bits per heavy atom. The van der Waals surface area contributed by atoms with Gasteiger partial charge in [0.2, 0.25) is 0 Å². The fourth-order valence-electron chi connectivity index (χ4n) is 4.53. The van der Waals surface area contributed by atoms with E-state index in [2.05, 4.69) is 15.2 Å². The first kappa shape index (κ1) is 16.1. The smallest absolute Gasteiger partial charge is 0.255 e. The van der Waals surface area contributed by atoms with Crippen molar-refractivity contribution < 1.29 is 10.2 Å². The zero-order valence-corrected chi connectivity index (χ0v) is 15.0. The molecule has 0 radical (unpaired) electrons. The molecule has 0 atom stereocenters. The lowest BCUT2D eigenvalue weighted by Gasteiger charge is -2.34. The molecule has 2 fully saturated rings. The SMILES string of the molecule is Oc1cc2nc3c(c(NC4CCN(C5CC5)CC4)c2nc1O)CCCC3. The summed E-state index contributed by atoms with van der Waals surface area (Å²) in [5.74, 6) is -0.522. The first-order chi connectivity index (χ1) is 12.7. The predicted octanol–water partition coefficient (Wildman–Crippen LogP) is 2.96. The molecule has 2 aromatic heterocycles. The number of likely N-dealkylation sites (tertiary alicyclic amines) is 1. The molecule has 0 bridgehead atoms. The summed E-state index contributed by atoms with van der Waals surface area (Å²) in [4.78, 5) is 11.6. The molecule has 0 spiro atoms. The molecule has 1 saturated heterocycles. The quantitative estimate of drug-likeness (QED) is 0.786. The average molecular weight is 354 g/mol. The third-order valence-electron chi connectivity index (χ3n) is 6.14. The summed E-state index contributed by atoms with van der Waals surface area (Å²) in [6.07, 6.45) is 9.31. The third-order valence-corrected chi connectivity index (χ3v) is 6.14. The van der Waals surface area contributed by atoms with Crippen molar-refractivity contribution in [1.82, 2.24) is 14.9 Å². The van der Waals surface area contributed by atoms with E-state index >= 15 is 0 Å². The zero-order valence-electron chi connectivity index (χ0n) is 15.0. The van der Waals surface area contributed by atoms with Crippen molar-refractivity contribution in [2.75, 3.05) is 18.4 Å². The van der Waals surface area contributed by atoms with Crippen LogP contribution in [-0.4, -0.2) is 50.3 Å². The van der Waals surface area contributed by atoms with E-state index in [0.29, 0.717) is 17.1 Å². The van der Waals surface area contributed by atoms with Gasteiger partial charge in [0.05, 0.1) is 11.2 Å². The number of rotatable bonds is 3. The van der Waals surface area contributed by atoms with Crippen molar-refractivity contribution in [3.05, 3.63) is 17.3 Å². The molecular weight excluding hydrogens is 328 g/mol. The van der Waals surface area contributed by atoms with E-state index in [0.717, 1.165) is 62.6 Å². The molecule has 5 rings (SSSR count). The van der Waals surface area contributed by atoms with Gasteiger partial charge in [-0.15, -0.1) is 0 Å². The summed E-state index contributed by atoms with van der Waals surface area (Å²) < 4.78 is 0. The van der Waals surface area contributed by atoms with Gasteiger partial charge in [-0.05, 0) is 56.9 Å². The average Bonchev–Trinajstić information content (AvgIpc) is 3.49. The molecule has 6 nitrogen and oxygen atoms in total. The maximum atomic E-state index is 9.93. The van der Waals surface area contributed by atoms with Crippen molar-refractivity contribution in [1.29, 1.82) is 0 Å². The van der Waals surface area contributed by atoms with E-state index < -0.39 is 0 Å².